The normalized spacial score (nSPS) is 27.9. The standard InChI is InChI=1S/C8H15F2NO2/c1-8(2)5-11-3-6(13-8)4-12-7(9)10/h6-7,11H,3-5H2,1-2H3. The van der Waals surface area contributed by atoms with Crippen molar-refractivity contribution >= 4 is 0 Å². The van der Waals surface area contributed by atoms with Gasteiger partial charge in [-0.15, -0.1) is 0 Å². The van der Waals surface area contributed by atoms with Crippen molar-refractivity contribution in [3.05, 3.63) is 0 Å². The van der Waals surface area contributed by atoms with Crippen LogP contribution >= 0.6 is 0 Å². The van der Waals surface area contributed by atoms with E-state index in [-0.39, 0.29) is 18.3 Å². The van der Waals surface area contributed by atoms with E-state index in [1.54, 1.807) is 0 Å². The molecular formula is C8H15F2NO2. The molecule has 0 saturated carbocycles. The molecule has 0 amide bonds. The van der Waals surface area contributed by atoms with Crippen molar-refractivity contribution < 1.29 is 18.3 Å². The van der Waals surface area contributed by atoms with E-state index in [2.05, 4.69) is 10.1 Å². The van der Waals surface area contributed by atoms with Crippen LogP contribution in [0.3, 0.4) is 0 Å². The number of halogens is 2. The lowest BCUT2D eigenvalue weighted by Crippen LogP contribution is -2.52. The molecule has 1 atom stereocenters. The molecule has 0 bridgehead atoms. The second-order valence-electron chi connectivity index (χ2n) is 3.72. The van der Waals surface area contributed by atoms with Crippen molar-refractivity contribution in [2.24, 2.45) is 0 Å². The summed E-state index contributed by atoms with van der Waals surface area (Å²) in [6, 6.07) is 0. The van der Waals surface area contributed by atoms with Gasteiger partial charge in [0.1, 0.15) is 0 Å². The number of hydrogen-bond acceptors (Lipinski definition) is 3. The molecule has 0 aromatic carbocycles. The Bertz CT molecular complexity index is 164. The summed E-state index contributed by atoms with van der Waals surface area (Å²) in [7, 11) is 0. The van der Waals surface area contributed by atoms with Crippen LogP contribution in [0.15, 0.2) is 0 Å². The molecule has 0 spiro atoms. The molecule has 1 saturated heterocycles. The van der Waals surface area contributed by atoms with Crippen LogP contribution in [0.5, 0.6) is 0 Å². The van der Waals surface area contributed by atoms with Gasteiger partial charge in [-0.25, -0.2) is 0 Å². The first-order valence-corrected chi connectivity index (χ1v) is 4.28. The van der Waals surface area contributed by atoms with Gasteiger partial charge in [-0.1, -0.05) is 0 Å². The van der Waals surface area contributed by atoms with Crippen LogP contribution in [-0.4, -0.2) is 38.0 Å². The van der Waals surface area contributed by atoms with Crippen molar-refractivity contribution in [3.63, 3.8) is 0 Å². The number of hydrogen-bond donors (Lipinski definition) is 1. The van der Waals surface area contributed by atoms with Gasteiger partial charge in [0.15, 0.2) is 0 Å². The molecule has 1 aliphatic heterocycles. The number of nitrogens with one attached hydrogen (secondary N) is 1. The molecule has 13 heavy (non-hydrogen) atoms. The van der Waals surface area contributed by atoms with Crippen molar-refractivity contribution in [2.45, 2.75) is 32.2 Å². The van der Waals surface area contributed by atoms with E-state index in [9.17, 15) is 8.78 Å². The molecule has 1 N–H and O–H groups in total. The SMILES string of the molecule is CC1(C)CNCC(COC(F)F)O1. The molecule has 0 aromatic rings. The highest BCUT2D eigenvalue weighted by atomic mass is 19.3. The van der Waals surface area contributed by atoms with Gasteiger partial charge in [0.05, 0.1) is 18.3 Å². The maximum Gasteiger partial charge on any atom is 0.345 e. The van der Waals surface area contributed by atoms with E-state index in [0.29, 0.717) is 6.54 Å². The van der Waals surface area contributed by atoms with Gasteiger partial charge in [-0.05, 0) is 13.8 Å². The van der Waals surface area contributed by atoms with Crippen LogP contribution in [0.2, 0.25) is 0 Å². The predicted molar refractivity (Wildman–Crippen MR) is 43.8 cm³/mol. The van der Waals surface area contributed by atoms with E-state index < -0.39 is 6.61 Å². The summed E-state index contributed by atoms with van der Waals surface area (Å²) in [5.74, 6) is 0. The predicted octanol–water partition coefficient (Wildman–Crippen LogP) is 0.993. The van der Waals surface area contributed by atoms with E-state index >= 15 is 0 Å². The van der Waals surface area contributed by atoms with Crippen LogP contribution in [0, 0.1) is 0 Å². The van der Waals surface area contributed by atoms with Gasteiger partial charge in [0, 0.05) is 13.1 Å². The van der Waals surface area contributed by atoms with Crippen LogP contribution < -0.4 is 5.32 Å². The molecule has 0 radical (unpaired) electrons. The Balaban J connectivity index is 2.26. The lowest BCUT2D eigenvalue weighted by Gasteiger charge is -2.36. The largest absolute Gasteiger partial charge is 0.367 e. The Kier molecular flexibility index (Phi) is 3.58. The fourth-order valence-electron chi connectivity index (χ4n) is 1.34. The molecule has 1 fully saturated rings. The fourth-order valence-corrected chi connectivity index (χ4v) is 1.34. The lowest BCUT2D eigenvalue weighted by atomic mass is 10.1. The molecule has 1 unspecified atom stereocenters. The third-order valence-electron chi connectivity index (χ3n) is 1.82. The van der Waals surface area contributed by atoms with Gasteiger partial charge >= 0.3 is 6.61 Å². The zero-order valence-corrected chi connectivity index (χ0v) is 7.85. The van der Waals surface area contributed by atoms with E-state index in [1.165, 1.54) is 0 Å². The molecular weight excluding hydrogens is 180 g/mol. The smallest absolute Gasteiger partial charge is 0.345 e. The van der Waals surface area contributed by atoms with Crippen LogP contribution in [0.4, 0.5) is 8.78 Å². The van der Waals surface area contributed by atoms with Crippen molar-refractivity contribution in [1.29, 1.82) is 0 Å². The van der Waals surface area contributed by atoms with Gasteiger partial charge < -0.3 is 14.8 Å². The Hall–Kier alpha value is -0.260. The second-order valence-corrected chi connectivity index (χ2v) is 3.72. The minimum Gasteiger partial charge on any atom is -0.367 e. The van der Waals surface area contributed by atoms with Gasteiger partial charge in [-0.3, -0.25) is 0 Å². The van der Waals surface area contributed by atoms with Crippen LogP contribution in [-0.2, 0) is 9.47 Å². The summed E-state index contributed by atoms with van der Waals surface area (Å²) in [5.41, 5.74) is -0.297. The molecule has 1 aliphatic rings. The third-order valence-corrected chi connectivity index (χ3v) is 1.82. The Morgan fingerprint density at radius 1 is 1.62 bits per heavy atom. The lowest BCUT2D eigenvalue weighted by molar-refractivity contribution is -0.180. The number of rotatable bonds is 3. The first kappa shape index (κ1) is 10.8. The summed E-state index contributed by atoms with van der Waals surface area (Å²) in [5, 5.41) is 3.10. The Labute approximate surface area is 76.4 Å². The zero-order valence-electron chi connectivity index (χ0n) is 7.85. The van der Waals surface area contributed by atoms with Gasteiger partial charge in [0.2, 0.25) is 0 Å². The molecule has 1 heterocycles. The molecule has 5 heteroatoms. The van der Waals surface area contributed by atoms with Crippen molar-refractivity contribution in [2.75, 3.05) is 19.7 Å². The summed E-state index contributed by atoms with van der Waals surface area (Å²) < 4.78 is 33.0. The number of morpholine rings is 1. The average Bonchev–Trinajstić information content (AvgIpc) is 1.99. The summed E-state index contributed by atoms with van der Waals surface area (Å²) in [6.45, 7) is 2.35. The summed E-state index contributed by atoms with van der Waals surface area (Å²) >= 11 is 0. The molecule has 78 valence electrons. The summed E-state index contributed by atoms with van der Waals surface area (Å²) in [4.78, 5) is 0. The molecule has 0 aromatic heterocycles. The highest BCUT2D eigenvalue weighted by molar-refractivity contribution is 4.80. The summed E-state index contributed by atoms with van der Waals surface area (Å²) in [6.07, 6.45) is -0.280. The monoisotopic (exact) mass is 195 g/mol. The van der Waals surface area contributed by atoms with Crippen LogP contribution in [0.1, 0.15) is 13.8 Å². The minimum absolute atomic E-state index is 0.0614. The first-order valence-electron chi connectivity index (χ1n) is 4.28. The Morgan fingerprint density at radius 3 is 2.85 bits per heavy atom. The maximum absolute atomic E-state index is 11.7. The molecule has 0 aliphatic carbocycles. The highest BCUT2D eigenvalue weighted by Gasteiger charge is 2.28. The molecule has 3 nitrogen and oxygen atoms in total. The topological polar surface area (TPSA) is 30.5 Å². The van der Waals surface area contributed by atoms with Crippen molar-refractivity contribution in [1.82, 2.24) is 5.32 Å². The molecule has 1 rings (SSSR count). The first-order chi connectivity index (χ1) is 5.99. The van der Waals surface area contributed by atoms with E-state index in [0.717, 1.165) is 6.54 Å². The second kappa shape index (κ2) is 4.30. The zero-order chi connectivity index (χ0) is 9.90. The fraction of sp³-hybridized carbons (Fsp3) is 1.00. The average molecular weight is 195 g/mol. The maximum atomic E-state index is 11.7. The number of alkyl halides is 2. The number of ether oxygens (including phenoxy) is 2. The van der Waals surface area contributed by atoms with E-state index in [4.69, 9.17) is 4.74 Å². The Morgan fingerprint density at radius 2 is 2.31 bits per heavy atom. The van der Waals surface area contributed by atoms with Gasteiger partial charge in [0.25, 0.3) is 0 Å². The quantitative estimate of drug-likeness (QED) is 0.728. The van der Waals surface area contributed by atoms with E-state index in [1.807, 2.05) is 13.8 Å². The van der Waals surface area contributed by atoms with Crippen molar-refractivity contribution in [3.8, 4) is 0 Å². The van der Waals surface area contributed by atoms with Crippen LogP contribution in [0.25, 0.3) is 0 Å². The third kappa shape index (κ3) is 3.97. The minimum atomic E-state index is -2.71. The highest BCUT2D eigenvalue weighted by Crippen LogP contribution is 2.15. The van der Waals surface area contributed by atoms with Gasteiger partial charge in [-0.2, -0.15) is 8.78 Å².